The van der Waals surface area contributed by atoms with E-state index in [0.29, 0.717) is 24.0 Å². The summed E-state index contributed by atoms with van der Waals surface area (Å²) in [5.41, 5.74) is 1.25. The Balaban J connectivity index is 1.51. The average Bonchev–Trinajstić information content (AvgIpc) is 2.87. The average molecular weight is 348 g/mol. The first-order valence-corrected chi connectivity index (χ1v) is 8.90. The van der Waals surface area contributed by atoms with E-state index >= 15 is 0 Å². The molecule has 3 heterocycles. The molecule has 2 amide bonds. The Morgan fingerprint density at radius 3 is 2.64 bits per heavy atom. The number of piperazine rings is 1. The molecule has 1 aliphatic carbocycles. The number of amides is 2. The largest absolute Gasteiger partial charge is 0.372 e. The second-order valence-electron chi connectivity index (χ2n) is 7.05. The van der Waals surface area contributed by atoms with Crippen molar-refractivity contribution in [2.45, 2.75) is 43.8 Å². The fourth-order valence-electron chi connectivity index (χ4n) is 4.24. The first-order chi connectivity index (χ1) is 12.1. The maximum atomic E-state index is 12.9. The third kappa shape index (κ3) is 2.89. The van der Waals surface area contributed by atoms with Gasteiger partial charge in [-0.25, -0.2) is 0 Å². The molecule has 4 unspecified atom stereocenters. The van der Waals surface area contributed by atoms with E-state index < -0.39 is 18.5 Å². The van der Waals surface area contributed by atoms with Crippen LogP contribution in [0.5, 0.6) is 0 Å². The Morgan fingerprint density at radius 1 is 1.16 bits per heavy atom. The van der Waals surface area contributed by atoms with E-state index in [4.69, 9.17) is 0 Å². The Hall–Kier alpha value is -1.74. The van der Waals surface area contributed by atoms with Gasteiger partial charge in [0.2, 0.25) is 5.91 Å². The van der Waals surface area contributed by atoms with Gasteiger partial charge in [-0.3, -0.25) is 14.5 Å². The number of hydrogen-bond donors (Lipinski definition) is 4. The Kier molecular flexibility index (Phi) is 4.36. The second kappa shape index (κ2) is 6.53. The normalized spacial score (nSPS) is 36.6. The van der Waals surface area contributed by atoms with E-state index in [2.05, 4.69) is 21.6 Å². The van der Waals surface area contributed by atoms with Gasteiger partial charge in [0.15, 0.2) is 6.23 Å². The molecule has 4 atom stereocenters. The fourth-order valence-corrected chi connectivity index (χ4v) is 4.24. The summed E-state index contributed by atoms with van der Waals surface area (Å²) in [4.78, 5) is 28.0. The lowest BCUT2D eigenvalue weighted by molar-refractivity contribution is -0.147. The third-order valence-electron chi connectivity index (χ3n) is 5.61. The lowest BCUT2D eigenvalue weighted by Gasteiger charge is -2.37. The van der Waals surface area contributed by atoms with Crippen molar-refractivity contribution >= 4 is 11.8 Å². The van der Waals surface area contributed by atoms with Crippen LogP contribution >= 0.6 is 0 Å². The van der Waals surface area contributed by atoms with Crippen molar-refractivity contribution in [2.75, 3.05) is 26.2 Å². The number of aliphatic hydroxyl groups excluding tert-OH is 2. The molecule has 0 saturated carbocycles. The summed E-state index contributed by atoms with van der Waals surface area (Å²) in [5.74, 6) is -0.464. The fraction of sp³-hybridized carbons (Fsp3) is 0.647. The maximum absolute atomic E-state index is 12.9. The molecule has 0 aromatic heterocycles. The summed E-state index contributed by atoms with van der Waals surface area (Å²) in [5, 5.41) is 26.5. The molecule has 8 heteroatoms. The Morgan fingerprint density at radius 2 is 1.92 bits per heavy atom. The van der Waals surface area contributed by atoms with Crippen molar-refractivity contribution in [2.24, 2.45) is 0 Å². The van der Waals surface area contributed by atoms with Gasteiger partial charge in [0.05, 0.1) is 6.04 Å². The van der Waals surface area contributed by atoms with Gasteiger partial charge in [0.1, 0.15) is 6.23 Å². The smallest absolute Gasteiger partial charge is 0.253 e. The summed E-state index contributed by atoms with van der Waals surface area (Å²) in [6, 6.07) is -0.440. The molecule has 4 N–H and O–H groups in total. The molecular formula is C17H24N4O4. The van der Waals surface area contributed by atoms with Crippen LogP contribution in [-0.4, -0.2) is 82.5 Å². The Bertz CT molecular complexity index is 641. The van der Waals surface area contributed by atoms with Gasteiger partial charge in [-0.15, -0.1) is 0 Å². The summed E-state index contributed by atoms with van der Waals surface area (Å²) >= 11 is 0. The zero-order valence-electron chi connectivity index (χ0n) is 14.0. The molecule has 136 valence electrons. The first kappa shape index (κ1) is 16.7. The molecule has 25 heavy (non-hydrogen) atoms. The summed E-state index contributed by atoms with van der Waals surface area (Å²) < 4.78 is 0. The van der Waals surface area contributed by atoms with Crippen molar-refractivity contribution < 1.29 is 19.8 Å². The van der Waals surface area contributed by atoms with Crippen LogP contribution in [0.3, 0.4) is 0 Å². The van der Waals surface area contributed by atoms with E-state index in [1.165, 1.54) is 4.90 Å². The predicted octanol–water partition coefficient (Wildman–Crippen LogP) is -1.73. The molecule has 0 aromatic rings. The van der Waals surface area contributed by atoms with Crippen LogP contribution in [0.15, 0.2) is 23.3 Å². The highest BCUT2D eigenvalue weighted by atomic mass is 16.3. The number of carbonyl (C=O) groups excluding carboxylic acids is 2. The number of nitrogens with one attached hydrogen (secondary N) is 2. The van der Waals surface area contributed by atoms with Crippen LogP contribution in [0, 0.1) is 0 Å². The van der Waals surface area contributed by atoms with Crippen LogP contribution in [-0.2, 0) is 9.59 Å². The van der Waals surface area contributed by atoms with Crippen LogP contribution in [0.4, 0.5) is 0 Å². The monoisotopic (exact) mass is 348 g/mol. The highest BCUT2D eigenvalue weighted by Crippen LogP contribution is 2.36. The maximum Gasteiger partial charge on any atom is 0.253 e. The SMILES string of the molecule is O=C1CCC(N2C(=O)C3=C(C=CC(N4CCNCC4)C3)C2O)C(O)N1. The Labute approximate surface area is 146 Å². The number of aliphatic hydroxyl groups is 2. The van der Waals surface area contributed by atoms with Crippen molar-refractivity contribution in [3.05, 3.63) is 23.3 Å². The molecule has 0 spiro atoms. The van der Waals surface area contributed by atoms with Crippen molar-refractivity contribution in [1.82, 2.24) is 20.4 Å². The molecule has 4 aliphatic rings. The van der Waals surface area contributed by atoms with E-state index in [1.807, 2.05) is 6.08 Å². The predicted molar refractivity (Wildman–Crippen MR) is 89.0 cm³/mol. The van der Waals surface area contributed by atoms with Crippen LogP contribution < -0.4 is 10.6 Å². The minimum atomic E-state index is -1.14. The molecule has 3 aliphatic heterocycles. The molecular weight excluding hydrogens is 324 g/mol. The number of piperidine rings is 1. The van der Waals surface area contributed by atoms with Gasteiger partial charge >= 0.3 is 0 Å². The third-order valence-corrected chi connectivity index (χ3v) is 5.61. The number of hydrogen-bond acceptors (Lipinski definition) is 6. The molecule has 0 bridgehead atoms. The van der Waals surface area contributed by atoms with Crippen LogP contribution in [0.2, 0.25) is 0 Å². The number of carbonyl (C=O) groups is 2. The summed E-state index contributed by atoms with van der Waals surface area (Å²) in [6.07, 6.45) is 2.87. The molecule has 0 aromatic carbocycles. The van der Waals surface area contributed by atoms with E-state index in [1.54, 1.807) is 0 Å². The lowest BCUT2D eigenvalue weighted by atomic mass is 9.94. The highest BCUT2D eigenvalue weighted by Gasteiger charge is 2.46. The topological polar surface area (TPSA) is 105 Å². The van der Waals surface area contributed by atoms with Gasteiger partial charge < -0.3 is 25.7 Å². The first-order valence-electron chi connectivity index (χ1n) is 8.90. The molecule has 2 saturated heterocycles. The summed E-state index contributed by atoms with van der Waals surface area (Å²) in [6.45, 7) is 3.75. The standard InChI is InChI=1S/C17H24N4O4/c22-14-4-3-13(15(23)19-14)21-16(24)11-2-1-10(9-12(11)17(21)25)20-7-5-18-6-8-20/h1-2,10,13,15-16,18,23-24H,3-9H2,(H,19,22). The summed E-state index contributed by atoms with van der Waals surface area (Å²) in [7, 11) is 0. The molecule has 8 nitrogen and oxygen atoms in total. The van der Waals surface area contributed by atoms with Gasteiger partial charge in [-0.2, -0.15) is 0 Å². The minimum absolute atomic E-state index is 0.160. The second-order valence-corrected chi connectivity index (χ2v) is 7.05. The van der Waals surface area contributed by atoms with E-state index in [0.717, 1.165) is 26.2 Å². The minimum Gasteiger partial charge on any atom is -0.372 e. The number of rotatable bonds is 2. The van der Waals surface area contributed by atoms with E-state index in [-0.39, 0.29) is 24.3 Å². The van der Waals surface area contributed by atoms with Gasteiger partial charge in [-0.05, 0) is 12.8 Å². The van der Waals surface area contributed by atoms with Gasteiger partial charge in [-0.1, -0.05) is 12.2 Å². The quantitative estimate of drug-likeness (QED) is 0.473. The van der Waals surface area contributed by atoms with Gasteiger partial charge in [0, 0.05) is 49.8 Å². The van der Waals surface area contributed by atoms with Gasteiger partial charge in [0.25, 0.3) is 5.91 Å². The zero-order chi connectivity index (χ0) is 17.6. The van der Waals surface area contributed by atoms with Crippen LogP contribution in [0.1, 0.15) is 19.3 Å². The van der Waals surface area contributed by atoms with Crippen molar-refractivity contribution in [3.63, 3.8) is 0 Å². The molecule has 2 fully saturated rings. The van der Waals surface area contributed by atoms with Crippen molar-refractivity contribution in [3.8, 4) is 0 Å². The number of nitrogens with zero attached hydrogens (tertiary/aromatic N) is 2. The van der Waals surface area contributed by atoms with E-state index in [9.17, 15) is 19.8 Å². The zero-order valence-corrected chi connectivity index (χ0v) is 14.0. The highest BCUT2D eigenvalue weighted by molar-refractivity contribution is 5.99. The molecule has 0 radical (unpaired) electrons. The van der Waals surface area contributed by atoms with Crippen LogP contribution in [0.25, 0.3) is 0 Å². The van der Waals surface area contributed by atoms with Crippen molar-refractivity contribution in [1.29, 1.82) is 0 Å². The lowest BCUT2D eigenvalue weighted by Crippen LogP contribution is -2.58. The molecule has 4 rings (SSSR count).